The standard InChI is InChI=1S/C12H18N2O2S.C2HF3O2/c1-9(2)8-11(13)12(15)14-17(16)10-6-4-3-5-7-10;3-2(4,5)1(6)7/h3-7,9,11H,8,13H2,1-2H3,(H,14,15);(H,6,7)/t11-,17+;/m0./s1. The number of carbonyl (C=O) groups is 2. The van der Waals surface area contributed by atoms with Gasteiger partial charge >= 0.3 is 6.18 Å². The van der Waals surface area contributed by atoms with E-state index < -0.39 is 23.1 Å². The predicted molar refractivity (Wildman–Crippen MR) is 78.2 cm³/mol. The Bertz CT molecular complexity index is 565. The Kier molecular flexibility index (Phi) is 9.22. The van der Waals surface area contributed by atoms with E-state index >= 15 is 0 Å². The molecule has 136 valence electrons. The van der Waals surface area contributed by atoms with E-state index in [9.17, 15) is 22.2 Å². The highest BCUT2D eigenvalue weighted by atomic mass is 32.2. The van der Waals surface area contributed by atoms with Crippen LogP contribution in [0.4, 0.5) is 13.2 Å². The minimum Gasteiger partial charge on any atom is -0.542 e. The molecule has 10 heteroatoms. The molecule has 1 amide bonds. The number of amides is 1. The summed E-state index contributed by atoms with van der Waals surface area (Å²) in [6, 6.07) is 8.49. The second kappa shape index (κ2) is 10.0. The molecule has 0 bridgehead atoms. The maximum absolute atomic E-state index is 11.8. The lowest BCUT2D eigenvalue weighted by molar-refractivity contribution is -0.406. The van der Waals surface area contributed by atoms with Crippen molar-refractivity contribution in [3.8, 4) is 0 Å². The molecule has 4 N–H and O–H groups in total. The molecule has 1 rings (SSSR count). The predicted octanol–water partition coefficient (Wildman–Crippen LogP) is -0.219. The molecule has 0 aliphatic heterocycles. The number of nitrogens with one attached hydrogen (secondary N) is 1. The van der Waals surface area contributed by atoms with Crippen LogP contribution in [0, 0.1) is 5.92 Å². The summed E-state index contributed by atoms with van der Waals surface area (Å²) in [5.41, 5.74) is 3.78. The number of carboxylic acid groups (broad SMARTS) is 1. The summed E-state index contributed by atoms with van der Waals surface area (Å²) >= 11 is 0. The van der Waals surface area contributed by atoms with Crippen LogP contribution in [-0.2, 0) is 20.6 Å². The molecule has 0 saturated carbocycles. The van der Waals surface area contributed by atoms with Crippen molar-refractivity contribution in [1.82, 2.24) is 4.72 Å². The second-order valence-corrected chi connectivity index (χ2v) is 6.37. The Morgan fingerprint density at radius 1 is 1.25 bits per heavy atom. The third-order valence-electron chi connectivity index (χ3n) is 2.51. The molecule has 0 radical (unpaired) electrons. The number of rotatable bonds is 5. The van der Waals surface area contributed by atoms with Crippen LogP contribution < -0.4 is 15.6 Å². The summed E-state index contributed by atoms with van der Waals surface area (Å²) in [7, 11) is -1.49. The molecule has 24 heavy (non-hydrogen) atoms. The smallest absolute Gasteiger partial charge is 0.430 e. The van der Waals surface area contributed by atoms with Crippen LogP contribution in [0.2, 0.25) is 0 Å². The fraction of sp³-hybridized carbons (Fsp3) is 0.429. The first-order chi connectivity index (χ1) is 10.9. The van der Waals surface area contributed by atoms with Gasteiger partial charge in [0.05, 0.1) is 4.90 Å². The lowest BCUT2D eigenvalue weighted by Gasteiger charge is -2.10. The van der Waals surface area contributed by atoms with Crippen LogP contribution in [0.3, 0.4) is 0 Å². The number of carbonyl (C=O) groups excluding carboxylic acids is 2. The highest BCUT2D eigenvalue weighted by Gasteiger charge is 2.28. The van der Waals surface area contributed by atoms with Crippen LogP contribution in [0.5, 0.6) is 0 Å². The Hall–Kier alpha value is -1.94. The number of aliphatic carboxylic acids is 1. The van der Waals surface area contributed by atoms with E-state index in [1.54, 1.807) is 24.3 Å². The number of benzene rings is 1. The Labute approximate surface area is 139 Å². The topological polar surface area (TPSA) is 114 Å². The lowest BCUT2D eigenvalue weighted by Crippen LogP contribution is -2.67. The van der Waals surface area contributed by atoms with Crippen molar-refractivity contribution in [2.45, 2.75) is 37.4 Å². The fourth-order valence-electron chi connectivity index (χ4n) is 1.45. The van der Waals surface area contributed by atoms with Gasteiger partial charge in [-0.05, 0) is 18.1 Å². The van der Waals surface area contributed by atoms with Crippen LogP contribution in [0.25, 0.3) is 0 Å². The molecule has 0 heterocycles. The van der Waals surface area contributed by atoms with E-state index in [1.807, 2.05) is 19.9 Å². The first kappa shape index (κ1) is 22.1. The molecule has 0 aliphatic rings. The van der Waals surface area contributed by atoms with Crippen molar-refractivity contribution >= 4 is 22.9 Å². The SMILES string of the molecule is CC(C)C[C@H]([NH3+])C(=O)N[S@](=O)c1ccccc1.O=C([O-])C(F)(F)F. The van der Waals surface area contributed by atoms with Gasteiger partial charge in [-0.1, -0.05) is 32.0 Å². The molecule has 0 aliphatic carbocycles. The van der Waals surface area contributed by atoms with Gasteiger partial charge in [-0.2, -0.15) is 13.2 Å². The van der Waals surface area contributed by atoms with Gasteiger partial charge < -0.3 is 15.6 Å². The zero-order valence-corrected chi connectivity index (χ0v) is 13.9. The molecular weight excluding hydrogens is 349 g/mol. The van der Waals surface area contributed by atoms with Gasteiger partial charge in [0, 0.05) is 6.42 Å². The van der Waals surface area contributed by atoms with Crippen molar-refractivity contribution in [3.05, 3.63) is 30.3 Å². The highest BCUT2D eigenvalue weighted by Crippen LogP contribution is 2.11. The van der Waals surface area contributed by atoms with Crippen molar-refractivity contribution in [1.29, 1.82) is 0 Å². The zero-order chi connectivity index (χ0) is 18.9. The molecule has 6 nitrogen and oxygen atoms in total. The Balaban J connectivity index is 0.000000640. The minimum absolute atomic E-state index is 0.263. The van der Waals surface area contributed by atoms with E-state index in [-0.39, 0.29) is 11.9 Å². The van der Waals surface area contributed by atoms with E-state index in [4.69, 9.17) is 9.90 Å². The Morgan fingerprint density at radius 2 is 1.71 bits per heavy atom. The maximum atomic E-state index is 11.8. The molecule has 2 atom stereocenters. The summed E-state index contributed by atoms with van der Waals surface area (Å²) in [6.07, 6.45) is -4.50. The number of carboxylic acids is 1. The fourth-order valence-corrected chi connectivity index (χ4v) is 2.33. The van der Waals surface area contributed by atoms with Crippen molar-refractivity contribution in [2.24, 2.45) is 5.92 Å². The van der Waals surface area contributed by atoms with Crippen LogP contribution >= 0.6 is 0 Å². The first-order valence-electron chi connectivity index (χ1n) is 6.83. The molecule has 0 aromatic heterocycles. The summed E-state index contributed by atoms with van der Waals surface area (Å²) in [5, 5.41) is 8.78. The van der Waals surface area contributed by atoms with E-state index in [2.05, 4.69) is 10.5 Å². The number of alkyl halides is 3. The first-order valence-corrected chi connectivity index (χ1v) is 7.98. The molecular formula is C14H19F3N2O4S. The maximum Gasteiger partial charge on any atom is 0.430 e. The van der Waals surface area contributed by atoms with Gasteiger partial charge in [0.2, 0.25) is 0 Å². The third kappa shape index (κ3) is 9.26. The van der Waals surface area contributed by atoms with Gasteiger partial charge in [-0.3, -0.25) is 9.52 Å². The van der Waals surface area contributed by atoms with Gasteiger partial charge in [0.25, 0.3) is 5.91 Å². The molecule has 0 fully saturated rings. The van der Waals surface area contributed by atoms with E-state index in [0.29, 0.717) is 17.2 Å². The van der Waals surface area contributed by atoms with Crippen LogP contribution in [0.1, 0.15) is 20.3 Å². The summed E-state index contributed by atoms with van der Waals surface area (Å²) in [5.74, 6) is -2.87. The third-order valence-corrected chi connectivity index (χ3v) is 3.60. The largest absolute Gasteiger partial charge is 0.542 e. The highest BCUT2D eigenvalue weighted by molar-refractivity contribution is 7.83. The number of hydrogen-bond donors (Lipinski definition) is 2. The Morgan fingerprint density at radius 3 is 2.08 bits per heavy atom. The van der Waals surface area contributed by atoms with Gasteiger partial charge in [-0.15, -0.1) is 0 Å². The summed E-state index contributed by atoms with van der Waals surface area (Å²) < 4.78 is 45.8. The summed E-state index contributed by atoms with van der Waals surface area (Å²) in [4.78, 5) is 21.1. The van der Waals surface area contributed by atoms with Gasteiger partial charge in [0.1, 0.15) is 5.97 Å². The minimum atomic E-state index is -5.19. The molecule has 0 saturated heterocycles. The van der Waals surface area contributed by atoms with E-state index in [1.165, 1.54) is 0 Å². The van der Waals surface area contributed by atoms with Crippen LogP contribution in [0.15, 0.2) is 35.2 Å². The van der Waals surface area contributed by atoms with Crippen molar-refractivity contribution in [3.63, 3.8) is 0 Å². The summed E-state index contributed by atoms with van der Waals surface area (Å²) in [6.45, 7) is 4.05. The normalized spacial score (nSPS) is 13.5. The molecule has 0 unspecified atom stereocenters. The number of quaternary nitrogens is 1. The van der Waals surface area contributed by atoms with Gasteiger partial charge in [0.15, 0.2) is 17.0 Å². The van der Waals surface area contributed by atoms with E-state index in [0.717, 1.165) is 0 Å². The van der Waals surface area contributed by atoms with Crippen molar-refractivity contribution < 1.29 is 37.8 Å². The van der Waals surface area contributed by atoms with Gasteiger partial charge in [-0.25, -0.2) is 4.21 Å². The molecule has 0 spiro atoms. The van der Waals surface area contributed by atoms with Crippen LogP contribution in [-0.4, -0.2) is 28.3 Å². The average molecular weight is 368 g/mol. The second-order valence-electron chi connectivity index (χ2n) is 5.16. The quantitative estimate of drug-likeness (QED) is 0.748. The lowest BCUT2D eigenvalue weighted by atomic mass is 10.0. The number of halogens is 3. The zero-order valence-electron chi connectivity index (χ0n) is 13.1. The number of hydrogen-bond acceptors (Lipinski definition) is 4. The monoisotopic (exact) mass is 368 g/mol. The molecule has 1 aromatic carbocycles. The molecule has 1 aromatic rings. The average Bonchev–Trinajstić information content (AvgIpc) is 2.47. The van der Waals surface area contributed by atoms with Crippen molar-refractivity contribution in [2.75, 3.05) is 0 Å².